The third-order valence-corrected chi connectivity index (χ3v) is 5.06. The lowest BCUT2D eigenvalue weighted by Gasteiger charge is -2.26. The van der Waals surface area contributed by atoms with Gasteiger partial charge in [0.05, 0.1) is 11.6 Å². The fraction of sp³-hybridized carbons (Fsp3) is 0.304. The number of rotatable bonds is 6. The second-order valence-electron chi connectivity index (χ2n) is 7.57. The summed E-state index contributed by atoms with van der Waals surface area (Å²) in [6.07, 6.45) is 0.693. The molecule has 1 amide bonds. The van der Waals surface area contributed by atoms with Gasteiger partial charge in [-0.2, -0.15) is 0 Å². The Hall–Kier alpha value is -2.99. The Labute approximate surface area is 170 Å². The van der Waals surface area contributed by atoms with Gasteiger partial charge in [0.1, 0.15) is 11.6 Å². The lowest BCUT2D eigenvalue weighted by molar-refractivity contribution is -0.139. The molecule has 1 fully saturated rings. The third kappa shape index (κ3) is 4.38. The Balaban J connectivity index is 2.07. The zero-order valence-corrected chi connectivity index (χ0v) is 16.9. The van der Waals surface area contributed by atoms with Gasteiger partial charge in [0.2, 0.25) is 0 Å². The molecule has 1 aliphatic heterocycles. The molecule has 0 aromatic heterocycles. The van der Waals surface area contributed by atoms with Crippen LogP contribution in [0.5, 0.6) is 0 Å². The Morgan fingerprint density at radius 2 is 1.69 bits per heavy atom. The molecule has 5 nitrogen and oxygen atoms in total. The van der Waals surface area contributed by atoms with E-state index in [1.54, 1.807) is 0 Å². The zero-order chi connectivity index (χ0) is 21.1. The molecule has 1 aliphatic rings. The Morgan fingerprint density at radius 1 is 1.07 bits per heavy atom. The highest BCUT2D eigenvalue weighted by atomic mass is 19.1. The number of hydrogen-bond donors (Lipinski definition) is 1. The molecule has 3 rings (SSSR count). The molecule has 0 aliphatic carbocycles. The number of carbonyl (C=O) groups excluding carboxylic acids is 2. The van der Waals surface area contributed by atoms with Gasteiger partial charge in [-0.25, -0.2) is 4.39 Å². The van der Waals surface area contributed by atoms with Crippen molar-refractivity contribution < 1.29 is 19.1 Å². The van der Waals surface area contributed by atoms with E-state index in [-0.39, 0.29) is 11.3 Å². The van der Waals surface area contributed by atoms with Crippen LogP contribution in [0, 0.1) is 12.7 Å². The summed E-state index contributed by atoms with van der Waals surface area (Å²) in [5.74, 6) is -2.08. The zero-order valence-electron chi connectivity index (χ0n) is 16.9. The number of aryl methyl sites for hydroxylation is 1. The van der Waals surface area contributed by atoms with Crippen LogP contribution in [0.3, 0.4) is 0 Å². The topological polar surface area (TPSA) is 60.9 Å². The Morgan fingerprint density at radius 3 is 2.28 bits per heavy atom. The van der Waals surface area contributed by atoms with Crippen LogP contribution in [0.15, 0.2) is 54.1 Å². The molecule has 0 spiro atoms. The van der Waals surface area contributed by atoms with Gasteiger partial charge < -0.3 is 14.9 Å². The van der Waals surface area contributed by atoms with Crippen molar-refractivity contribution in [1.29, 1.82) is 0 Å². The van der Waals surface area contributed by atoms with Crippen LogP contribution in [-0.4, -0.2) is 53.8 Å². The SMILES string of the molecule is Cc1ccc([C@@H]2/C(=C(\O)c3ccc(F)cc3)C(=O)C(=O)N2CCCN(C)C)cc1. The maximum Gasteiger partial charge on any atom is 0.295 e. The number of aliphatic hydroxyl groups is 1. The molecule has 29 heavy (non-hydrogen) atoms. The van der Waals surface area contributed by atoms with E-state index in [4.69, 9.17) is 0 Å². The average Bonchev–Trinajstić information content (AvgIpc) is 2.93. The molecular weight excluding hydrogens is 371 g/mol. The molecule has 0 unspecified atom stereocenters. The second-order valence-corrected chi connectivity index (χ2v) is 7.57. The highest BCUT2D eigenvalue weighted by Gasteiger charge is 2.45. The van der Waals surface area contributed by atoms with E-state index in [0.717, 1.165) is 17.7 Å². The van der Waals surface area contributed by atoms with Gasteiger partial charge in [-0.05, 0) is 63.8 Å². The fourth-order valence-electron chi connectivity index (χ4n) is 3.53. The van der Waals surface area contributed by atoms with Crippen molar-refractivity contribution in [3.8, 4) is 0 Å². The van der Waals surface area contributed by atoms with Gasteiger partial charge in [-0.15, -0.1) is 0 Å². The molecule has 1 heterocycles. The number of halogens is 1. The van der Waals surface area contributed by atoms with Gasteiger partial charge in [0, 0.05) is 12.1 Å². The van der Waals surface area contributed by atoms with E-state index < -0.39 is 23.5 Å². The van der Waals surface area contributed by atoms with Crippen LogP contribution < -0.4 is 0 Å². The van der Waals surface area contributed by atoms with Crippen LogP contribution in [0.4, 0.5) is 4.39 Å². The minimum Gasteiger partial charge on any atom is -0.507 e. The smallest absolute Gasteiger partial charge is 0.295 e. The molecule has 0 bridgehead atoms. The van der Waals surface area contributed by atoms with Gasteiger partial charge in [-0.3, -0.25) is 9.59 Å². The number of carbonyl (C=O) groups is 2. The first-order chi connectivity index (χ1) is 13.8. The van der Waals surface area contributed by atoms with Gasteiger partial charge in [0.15, 0.2) is 0 Å². The summed E-state index contributed by atoms with van der Waals surface area (Å²) < 4.78 is 13.3. The monoisotopic (exact) mass is 396 g/mol. The lowest BCUT2D eigenvalue weighted by Crippen LogP contribution is -2.32. The van der Waals surface area contributed by atoms with Gasteiger partial charge >= 0.3 is 0 Å². The molecule has 1 atom stereocenters. The summed E-state index contributed by atoms with van der Waals surface area (Å²) in [5, 5.41) is 10.9. The molecule has 6 heteroatoms. The number of aliphatic hydroxyl groups excluding tert-OH is 1. The minimum absolute atomic E-state index is 0.0373. The van der Waals surface area contributed by atoms with E-state index in [0.29, 0.717) is 18.5 Å². The molecule has 2 aromatic rings. The summed E-state index contributed by atoms with van der Waals surface area (Å²) in [6, 6.07) is 12.1. The fourth-order valence-corrected chi connectivity index (χ4v) is 3.53. The Kier molecular flexibility index (Phi) is 6.13. The summed E-state index contributed by atoms with van der Waals surface area (Å²) in [4.78, 5) is 29.2. The number of Topliss-reactive ketones (excluding diaryl/α,β-unsaturated/α-hetero) is 1. The molecule has 1 N–H and O–H groups in total. The van der Waals surface area contributed by atoms with Gasteiger partial charge in [-0.1, -0.05) is 29.8 Å². The third-order valence-electron chi connectivity index (χ3n) is 5.06. The molecule has 0 radical (unpaired) electrons. The number of likely N-dealkylation sites (tertiary alicyclic amines) is 1. The van der Waals surface area contributed by atoms with Crippen molar-refractivity contribution in [2.75, 3.05) is 27.2 Å². The van der Waals surface area contributed by atoms with Crippen LogP contribution in [0.25, 0.3) is 5.76 Å². The van der Waals surface area contributed by atoms with Crippen molar-refractivity contribution in [3.05, 3.63) is 76.6 Å². The van der Waals surface area contributed by atoms with Crippen LogP contribution >= 0.6 is 0 Å². The first kappa shape index (κ1) is 20.7. The van der Waals surface area contributed by atoms with E-state index in [2.05, 4.69) is 0 Å². The second kappa shape index (κ2) is 8.57. The number of ketones is 1. The van der Waals surface area contributed by atoms with E-state index >= 15 is 0 Å². The number of nitrogens with zero attached hydrogens (tertiary/aromatic N) is 2. The summed E-state index contributed by atoms with van der Waals surface area (Å²) >= 11 is 0. The highest BCUT2D eigenvalue weighted by molar-refractivity contribution is 6.46. The Bertz CT molecular complexity index is 934. The van der Waals surface area contributed by atoms with Gasteiger partial charge in [0.25, 0.3) is 11.7 Å². The largest absolute Gasteiger partial charge is 0.507 e. The lowest BCUT2D eigenvalue weighted by atomic mass is 9.94. The molecular formula is C23H25FN2O3. The summed E-state index contributed by atoms with van der Waals surface area (Å²) in [7, 11) is 3.89. The highest BCUT2D eigenvalue weighted by Crippen LogP contribution is 2.39. The molecule has 152 valence electrons. The maximum absolute atomic E-state index is 13.3. The van der Waals surface area contributed by atoms with Crippen molar-refractivity contribution in [2.24, 2.45) is 0 Å². The predicted molar refractivity (Wildman–Crippen MR) is 110 cm³/mol. The van der Waals surface area contributed by atoms with Crippen molar-refractivity contribution >= 4 is 17.4 Å². The minimum atomic E-state index is -0.720. The summed E-state index contributed by atoms with van der Waals surface area (Å²) in [5.41, 5.74) is 2.14. The van der Waals surface area contributed by atoms with Crippen molar-refractivity contribution in [1.82, 2.24) is 9.80 Å². The van der Waals surface area contributed by atoms with E-state index in [1.165, 1.54) is 29.2 Å². The van der Waals surface area contributed by atoms with E-state index in [1.807, 2.05) is 50.2 Å². The first-order valence-corrected chi connectivity index (χ1v) is 9.55. The summed E-state index contributed by atoms with van der Waals surface area (Å²) in [6.45, 7) is 3.11. The number of amides is 1. The van der Waals surface area contributed by atoms with Crippen molar-refractivity contribution in [3.63, 3.8) is 0 Å². The quantitative estimate of drug-likeness (QED) is 0.461. The van der Waals surface area contributed by atoms with Crippen LogP contribution in [0.2, 0.25) is 0 Å². The van der Waals surface area contributed by atoms with E-state index in [9.17, 15) is 19.1 Å². The standard InChI is InChI=1S/C23H25FN2O3/c1-15-5-7-16(8-6-15)20-19(21(27)17-9-11-18(24)12-10-17)22(28)23(29)26(20)14-4-13-25(2)3/h5-12,20,27H,4,13-14H2,1-3H3/b21-19+/t20-/m1/s1. The molecule has 0 saturated carbocycles. The van der Waals surface area contributed by atoms with Crippen LogP contribution in [0.1, 0.15) is 29.2 Å². The average molecular weight is 396 g/mol. The first-order valence-electron chi connectivity index (χ1n) is 9.55. The van der Waals surface area contributed by atoms with Crippen LogP contribution in [-0.2, 0) is 9.59 Å². The van der Waals surface area contributed by atoms with Crippen molar-refractivity contribution in [2.45, 2.75) is 19.4 Å². The normalized spacial score (nSPS) is 18.7. The maximum atomic E-state index is 13.3. The molecule has 1 saturated heterocycles. The number of benzene rings is 2. The predicted octanol–water partition coefficient (Wildman–Crippen LogP) is 3.51. The number of hydrogen-bond acceptors (Lipinski definition) is 4. The molecule has 2 aromatic carbocycles.